The molecule has 3 aromatic carbocycles. The Labute approximate surface area is 308 Å². The highest BCUT2D eigenvalue weighted by Gasteiger charge is 2.66. The standard InChI is InChI=1S/C41H53N3O7Si/c1-7-21-43-36-17-11-29(44-35-18-14-31(50-8-2)24-28(35)25-34(39(44)47)42-20-9-10-22-45)26-33(36)41(40(43)48)27(3)38(37(51-41)19-23-46)52(5,6)32-15-12-30(49-4)13-16-32/h7,11-18,24,26-27,34,37-38,42,45-46H,1,8-10,19-23,25H2,2-6H3/t27-,34?,37+,38-,41+/m0/s1. The highest BCUT2D eigenvalue weighted by atomic mass is 28.3. The third-order valence-electron chi connectivity index (χ3n) is 11.3. The van der Waals surface area contributed by atoms with Crippen LogP contribution in [0.5, 0.6) is 11.5 Å². The first-order valence-electron chi connectivity index (χ1n) is 18.5. The molecule has 3 aliphatic heterocycles. The van der Waals surface area contributed by atoms with Crippen molar-refractivity contribution in [2.45, 2.75) is 75.9 Å². The smallest absolute Gasteiger partial charge is 0.264 e. The maximum Gasteiger partial charge on any atom is 0.264 e. The summed E-state index contributed by atoms with van der Waals surface area (Å²) in [6.07, 6.45) is 3.66. The van der Waals surface area contributed by atoms with Crippen LogP contribution in [-0.2, 0) is 26.3 Å². The molecule has 3 aliphatic rings. The van der Waals surface area contributed by atoms with Crippen LogP contribution in [0.4, 0.5) is 17.1 Å². The molecule has 2 amide bonds. The van der Waals surface area contributed by atoms with Crippen molar-refractivity contribution in [3.05, 3.63) is 84.4 Å². The zero-order valence-corrected chi connectivity index (χ0v) is 32.1. The van der Waals surface area contributed by atoms with E-state index in [-0.39, 0.29) is 42.6 Å². The number of nitrogens with one attached hydrogen (secondary N) is 1. The lowest BCUT2D eigenvalue weighted by Crippen LogP contribution is -2.52. The van der Waals surface area contributed by atoms with E-state index in [9.17, 15) is 19.8 Å². The SMILES string of the molecule is C=CCN1C(=O)[C@]2(O[C@H](CCO)[C@@H]([Si](C)(C)c3ccc(OC)cc3)[C@@H]2C)c2cc(N3C(=O)C(NCCCCO)Cc4cc(OCC)ccc43)ccc21. The molecule has 1 unspecified atom stereocenters. The van der Waals surface area contributed by atoms with Gasteiger partial charge < -0.3 is 34.6 Å². The van der Waals surface area contributed by atoms with E-state index < -0.39 is 19.7 Å². The highest BCUT2D eigenvalue weighted by Crippen LogP contribution is 2.60. The van der Waals surface area contributed by atoms with Gasteiger partial charge in [0.05, 0.1) is 45.3 Å². The second kappa shape index (κ2) is 15.5. The molecule has 5 atom stereocenters. The topological polar surface area (TPSA) is 121 Å². The van der Waals surface area contributed by atoms with E-state index in [4.69, 9.17) is 14.2 Å². The summed E-state index contributed by atoms with van der Waals surface area (Å²) in [5, 5.41) is 24.3. The van der Waals surface area contributed by atoms with Crippen LogP contribution in [0.3, 0.4) is 0 Å². The number of aliphatic hydroxyl groups is 2. The predicted molar refractivity (Wildman–Crippen MR) is 207 cm³/mol. The van der Waals surface area contributed by atoms with Crippen LogP contribution in [0.1, 0.15) is 44.2 Å². The fraction of sp³-hybridized carbons (Fsp3) is 0.463. The summed E-state index contributed by atoms with van der Waals surface area (Å²) in [6.45, 7) is 14.1. The molecule has 1 saturated heterocycles. The van der Waals surface area contributed by atoms with Gasteiger partial charge in [0.2, 0.25) is 5.91 Å². The number of hydrogen-bond donors (Lipinski definition) is 3. The van der Waals surface area contributed by atoms with Crippen LogP contribution >= 0.6 is 0 Å². The molecule has 0 aliphatic carbocycles. The molecule has 6 rings (SSSR count). The zero-order chi connectivity index (χ0) is 37.2. The Kier molecular flexibility index (Phi) is 11.3. The van der Waals surface area contributed by atoms with Crippen molar-refractivity contribution in [2.75, 3.05) is 49.8 Å². The second-order valence-corrected chi connectivity index (χ2v) is 19.3. The summed E-state index contributed by atoms with van der Waals surface area (Å²) in [7, 11) is -0.703. The molecule has 0 bridgehead atoms. The van der Waals surface area contributed by atoms with Gasteiger partial charge in [0.1, 0.15) is 11.5 Å². The molecule has 11 heteroatoms. The number of benzene rings is 3. The molecule has 52 heavy (non-hydrogen) atoms. The molecule has 3 N–H and O–H groups in total. The quantitative estimate of drug-likeness (QED) is 0.111. The Morgan fingerprint density at radius 2 is 1.75 bits per heavy atom. The van der Waals surface area contributed by atoms with Crippen LogP contribution in [-0.4, -0.2) is 82.3 Å². The van der Waals surface area contributed by atoms with Crippen LogP contribution in [0, 0.1) is 5.92 Å². The number of aliphatic hydroxyl groups excluding tert-OH is 2. The Hall–Kier alpha value is -4.00. The molecule has 0 radical (unpaired) electrons. The van der Waals surface area contributed by atoms with E-state index in [0.29, 0.717) is 44.6 Å². The van der Waals surface area contributed by atoms with Crippen molar-refractivity contribution in [3.63, 3.8) is 0 Å². The Balaban J connectivity index is 1.47. The van der Waals surface area contributed by atoms with E-state index in [1.54, 1.807) is 23.0 Å². The van der Waals surface area contributed by atoms with Gasteiger partial charge in [-0.3, -0.25) is 14.5 Å². The lowest BCUT2D eigenvalue weighted by molar-refractivity contribution is -0.146. The largest absolute Gasteiger partial charge is 0.497 e. The molecule has 1 fully saturated rings. The average molecular weight is 728 g/mol. The average Bonchev–Trinajstić information content (AvgIpc) is 3.56. The summed E-state index contributed by atoms with van der Waals surface area (Å²) in [5.41, 5.74) is 2.53. The second-order valence-electron chi connectivity index (χ2n) is 14.6. The van der Waals surface area contributed by atoms with Gasteiger partial charge in [0.25, 0.3) is 5.91 Å². The van der Waals surface area contributed by atoms with E-state index >= 15 is 0 Å². The van der Waals surface area contributed by atoms with Gasteiger partial charge in [0.15, 0.2) is 5.60 Å². The number of amides is 2. The number of anilines is 3. The number of hydrogen-bond acceptors (Lipinski definition) is 8. The number of ether oxygens (including phenoxy) is 3. The molecule has 0 saturated carbocycles. The fourth-order valence-corrected chi connectivity index (χ4v) is 12.9. The fourth-order valence-electron chi connectivity index (χ4n) is 8.87. The monoisotopic (exact) mass is 727 g/mol. The molecule has 1 spiro atoms. The van der Waals surface area contributed by atoms with Gasteiger partial charge >= 0.3 is 0 Å². The van der Waals surface area contributed by atoms with E-state index in [2.05, 4.69) is 44.0 Å². The van der Waals surface area contributed by atoms with E-state index in [0.717, 1.165) is 40.4 Å². The van der Waals surface area contributed by atoms with Crippen LogP contribution < -0.4 is 29.8 Å². The van der Waals surface area contributed by atoms with Gasteiger partial charge in [0, 0.05) is 36.9 Å². The number of rotatable bonds is 15. The van der Waals surface area contributed by atoms with Crippen molar-refractivity contribution in [1.29, 1.82) is 0 Å². The number of unbranched alkanes of at least 4 members (excludes halogenated alkanes) is 1. The van der Waals surface area contributed by atoms with Crippen molar-refractivity contribution < 1.29 is 34.0 Å². The van der Waals surface area contributed by atoms with Gasteiger partial charge in [-0.25, -0.2) is 0 Å². The van der Waals surface area contributed by atoms with Gasteiger partial charge in [-0.1, -0.05) is 43.4 Å². The lowest BCUT2D eigenvalue weighted by atomic mass is 9.82. The number of fused-ring (bicyclic) bond motifs is 3. The zero-order valence-electron chi connectivity index (χ0n) is 31.1. The summed E-state index contributed by atoms with van der Waals surface area (Å²) < 4.78 is 18.4. The minimum Gasteiger partial charge on any atom is -0.497 e. The van der Waals surface area contributed by atoms with E-state index in [1.807, 2.05) is 55.5 Å². The molecule has 278 valence electrons. The molecule has 0 aromatic heterocycles. The first kappa shape index (κ1) is 37.7. The normalized spacial score (nSPS) is 24.0. The third kappa shape index (κ3) is 6.47. The maximum absolute atomic E-state index is 14.9. The van der Waals surface area contributed by atoms with Gasteiger partial charge in [-0.2, -0.15) is 0 Å². The molecule has 3 aromatic rings. The Morgan fingerprint density at radius 1 is 1.02 bits per heavy atom. The summed E-state index contributed by atoms with van der Waals surface area (Å²) in [5.74, 6) is 1.04. The van der Waals surface area contributed by atoms with Crippen molar-refractivity contribution >= 4 is 42.1 Å². The predicted octanol–water partition coefficient (Wildman–Crippen LogP) is 5.18. The van der Waals surface area contributed by atoms with Crippen molar-refractivity contribution in [2.24, 2.45) is 5.92 Å². The Bertz CT molecular complexity index is 1780. The molecular weight excluding hydrogens is 675 g/mol. The first-order valence-corrected chi connectivity index (χ1v) is 21.6. The summed E-state index contributed by atoms with van der Waals surface area (Å²) >= 11 is 0. The number of carbonyl (C=O) groups excluding carboxylic acids is 2. The third-order valence-corrected chi connectivity index (χ3v) is 15.7. The van der Waals surface area contributed by atoms with Gasteiger partial charge in [-0.05, 0) is 98.8 Å². The maximum atomic E-state index is 14.9. The number of nitrogens with zero attached hydrogens (tertiary/aromatic N) is 2. The number of methoxy groups -OCH3 is 1. The summed E-state index contributed by atoms with van der Waals surface area (Å²) in [6, 6.07) is 19.4. The number of carbonyl (C=O) groups is 2. The highest BCUT2D eigenvalue weighted by molar-refractivity contribution is 6.91. The van der Waals surface area contributed by atoms with Crippen LogP contribution in [0.2, 0.25) is 18.6 Å². The molecular formula is C41H53N3O7Si. The molecule has 3 heterocycles. The van der Waals surface area contributed by atoms with Gasteiger partial charge in [-0.15, -0.1) is 6.58 Å². The van der Waals surface area contributed by atoms with Crippen LogP contribution in [0.25, 0.3) is 0 Å². The van der Waals surface area contributed by atoms with E-state index in [1.165, 1.54) is 5.19 Å². The minimum absolute atomic E-state index is 0.0148. The molecule has 10 nitrogen and oxygen atoms in total. The minimum atomic E-state index is -2.36. The first-order chi connectivity index (χ1) is 25.1. The van der Waals surface area contributed by atoms with Crippen LogP contribution in [0.15, 0.2) is 73.3 Å². The van der Waals surface area contributed by atoms with Crippen molar-refractivity contribution in [1.82, 2.24) is 5.32 Å². The summed E-state index contributed by atoms with van der Waals surface area (Å²) in [4.78, 5) is 32.8. The lowest BCUT2D eigenvalue weighted by Gasteiger charge is -2.37. The Morgan fingerprint density at radius 3 is 2.42 bits per heavy atom. The van der Waals surface area contributed by atoms with Crippen molar-refractivity contribution in [3.8, 4) is 11.5 Å².